The van der Waals surface area contributed by atoms with E-state index >= 15 is 0 Å². The van der Waals surface area contributed by atoms with Crippen LogP contribution in [0.1, 0.15) is 34.1 Å². The number of hydrogen-bond acceptors (Lipinski definition) is 5. The number of hydrogen-bond donors (Lipinski definition) is 1. The number of carbonyl (C=O) groups excluding carboxylic acids is 2. The molecule has 150 valence electrons. The Morgan fingerprint density at radius 2 is 1.97 bits per heavy atom. The summed E-state index contributed by atoms with van der Waals surface area (Å²) in [6, 6.07) is 14.5. The van der Waals surface area contributed by atoms with Crippen molar-refractivity contribution in [3.8, 4) is 17.3 Å². The summed E-state index contributed by atoms with van der Waals surface area (Å²) in [5.74, 6) is -0.386. The van der Waals surface area contributed by atoms with E-state index in [0.717, 1.165) is 16.8 Å². The highest BCUT2D eigenvalue weighted by atomic mass is 16.2. The minimum atomic E-state index is -0.228. The number of aromatic nitrogens is 2. The molecule has 0 aliphatic carbocycles. The van der Waals surface area contributed by atoms with Crippen molar-refractivity contribution in [3.05, 3.63) is 77.2 Å². The predicted octanol–water partition coefficient (Wildman–Crippen LogP) is 3.24. The Balaban J connectivity index is 1.75. The maximum Gasteiger partial charge on any atom is 0.253 e. The van der Waals surface area contributed by atoms with Gasteiger partial charge >= 0.3 is 0 Å². The number of anilines is 1. The monoisotopic (exact) mass is 399 g/mol. The molecule has 0 radical (unpaired) electrons. The van der Waals surface area contributed by atoms with Crippen molar-refractivity contribution < 1.29 is 9.59 Å². The zero-order valence-electron chi connectivity index (χ0n) is 17.0. The van der Waals surface area contributed by atoms with Crippen molar-refractivity contribution >= 4 is 17.5 Å². The molecule has 0 atom stereocenters. The van der Waals surface area contributed by atoms with Crippen molar-refractivity contribution in [3.63, 3.8) is 0 Å². The number of amides is 2. The lowest BCUT2D eigenvalue weighted by atomic mass is 10.0. The minimum Gasteiger partial charge on any atom is -0.348 e. The summed E-state index contributed by atoms with van der Waals surface area (Å²) in [7, 11) is 1.62. The number of rotatable bonds is 5. The summed E-state index contributed by atoms with van der Waals surface area (Å²) in [5.41, 5.74) is 4.53. The Morgan fingerprint density at radius 1 is 1.17 bits per heavy atom. The fourth-order valence-electron chi connectivity index (χ4n) is 2.93. The summed E-state index contributed by atoms with van der Waals surface area (Å²) in [4.78, 5) is 34.0. The molecule has 1 N–H and O–H groups in total. The third-order valence-electron chi connectivity index (χ3n) is 4.83. The lowest BCUT2D eigenvalue weighted by Crippen LogP contribution is -2.23. The van der Waals surface area contributed by atoms with Gasteiger partial charge in [0.05, 0.1) is 22.5 Å². The molecule has 3 aromatic rings. The van der Waals surface area contributed by atoms with E-state index in [1.165, 1.54) is 18.0 Å². The Morgan fingerprint density at radius 3 is 2.60 bits per heavy atom. The van der Waals surface area contributed by atoms with Gasteiger partial charge in [-0.3, -0.25) is 19.6 Å². The summed E-state index contributed by atoms with van der Waals surface area (Å²) in [6.07, 6.45) is 3.22. The molecule has 7 nitrogen and oxygen atoms in total. The molecule has 3 rings (SSSR count). The molecule has 1 aromatic carbocycles. The van der Waals surface area contributed by atoms with E-state index < -0.39 is 0 Å². The zero-order chi connectivity index (χ0) is 21.7. The van der Waals surface area contributed by atoms with Crippen LogP contribution in [-0.2, 0) is 11.3 Å². The molecule has 0 saturated heterocycles. The highest BCUT2D eigenvalue weighted by Crippen LogP contribution is 2.26. The predicted molar refractivity (Wildman–Crippen MR) is 114 cm³/mol. The average Bonchev–Trinajstić information content (AvgIpc) is 2.77. The van der Waals surface area contributed by atoms with Gasteiger partial charge in [-0.2, -0.15) is 5.26 Å². The maximum absolute atomic E-state index is 12.4. The molecule has 2 aromatic heterocycles. The van der Waals surface area contributed by atoms with E-state index in [4.69, 9.17) is 0 Å². The Kier molecular flexibility index (Phi) is 6.18. The molecule has 7 heteroatoms. The number of carbonyl (C=O) groups is 2. The van der Waals surface area contributed by atoms with Crippen molar-refractivity contribution in [1.82, 2.24) is 15.3 Å². The highest BCUT2D eigenvalue weighted by molar-refractivity contribution is 5.94. The fourth-order valence-corrected chi connectivity index (χ4v) is 2.93. The van der Waals surface area contributed by atoms with Gasteiger partial charge in [0.25, 0.3) is 5.91 Å². The van der Waals surface area contributed by atoms with Crippen molar-refractivity contribution in [1.29, 1.82) is 5.26 Å². The molecule has 0 saturated carbocycles. The first-order chi connectivity index (χ1) is 14.4. The van der Waals surface area contributed by atoms with Gasteiger partial charge < -0.3 is 10.2 Å². The standard InChI is InChI=1S/C23H21N5O2/c1-15-18(5-4-10-25-15)13-27-23(30)19-6-8-21(26-14-19)17-7-9-22(20(11-17)12-24)28(3)16(2)29/h4-11,14H,13H2,1-3H3,(H,27,30). The van der Waals surface area contributed by atoms with Crippen molar-refractivity contribution in [2.45, 2.75) is 20.4 Å². The number of nitriles is 1. The van der Waals surface area contributed by atoms with Crippen LogP contribution in [-0.4, -0.2) is 28.8 Å². The lowest BCUT2D eigenvalue weighted by Gasteiger charge is -2.17. The molecule has 0 fully saturated rings. The van der Waals surface area contributed by atoms with Crippen molar-refractivity contribution in [2.24, 2.45) is 0 Å². The summed E-state index contributed by atoms with van der Waals surface area (Å²) < 4.78 is 0. The molecule has 0 aliphatic heterocycles. The lowest BCUT2D eigenvalue weighted by molar-refractivity contribution is -0.116. The second-order valence-electron chi connectivity index (χ2n) is 6.78. The molecule has 0 spiro atoms. The number of pyridine rings is 2. The van der Waals surface area contributed by atoms with E-state index in [-0.39, 0.29) is 11.8 Å². The fraction of sp³-hybridized carbons (Fsp3) is 0.174. The second-order valence-corrected chi connectivity index (χ2v) is 6.78. The maximum atomic E-state index is 12.4. The van der Waals surface area contributed by atoms with Gasteiger partial charge in [0.2, 0.25) is 5.91 Å². The van der Waals surface area contributed by atoms with Crippen LogP contribution in [0, 0.1) is 18.3 Å². The summed E-state index contributed by atoms with van der Waals surface area (Å²) >= 11 is 0. The molecule has 2 heterocycles. The van der Waals surface area contributed by atoms with E-state index in [9.17, 15) is 14.9 Å². The Labute approximate surface area is 175 Å². The number of aryl methyl sites for hydroxylation is 1. The molecule has 0 unspecified atom stereocenters. The first-order valence-electron chi connectivity index (χ1n) is 9.34. The molecule has 0 bridgehead atoms. The first kappa shape index (κ1) is 20.7. The Bertz CT molecular complexity index is 1130. The normalized spacial score (nSPS) is 10.2. The van der Waals surface area contributed by atoms with Gasteiger partial charge in [0.15, 0.2) is 0 Å². The van der Waals surface area contributed by atoms with Crippen LogP contribution in [0.3, 0.4) is 0 Å². The molecule has 30 heavy (non-hydrogen) atoms. The van der Waals surface area contributed by atoms with Crippen LogP contribution in [0.5, 0.6) is 0 Å². The van der Waals surface area contributed by atoms with Gasteiger partial charge in [0.1, 0.15) is 6.07 Å². The Hall–Kier alpha value is -4.05. The number of nitrogens with zero attached hydrogens (tertiary/aromatic N) is 4. The summed E-state index contributed by atoms with van der Waals surface area (Å²) in [5, 5.41) is 12.3. The molecule has 0 aliphatic rings. The average molecular weight is 399 g/mol. The minimum absolute atomic E-state index is 0.158. The smallest absolute Gasteiger partial charge is 0.253 e. The topological polar surface area (TPSA) is 99.0 Å². The van der Waals surface area contributed by atoms with E-state index in [1.807, 2.05) is 19.1 Å². The number of benzene rings is 1. The second kappa shape index (κ2) is 8.97. The van der Waals surface area contributed by atoms with Crippen LogP contribution >= 0.6 is 0 Å². The van der Waals surface area contributed by atoms with Gasteiger partial charge in [-0.25, -0.2) is 0 Å². The van der Waals surface area contributed by atoms with Gasteiger partial charge in [0, 0.05) is 44.2 Å². The van der Waals surface area contributed by atoms with Crippen molar-refractivity contribution in [2.75, 3.05) is 11.9 Å². The summed E-state index contributed by atoms with van der Waals surface area (Å²) in [6.45, 7) is 3.72. The quantitative estimate of drug-likeness (QED) is 0.710. The van der Waals surface area contributed by atoms with E-state index in [1.54, 1.807) is 43.6 Å². The van der Waals surface area contributed by atoms with E-state index in [0.29, 0.717) is 29.1 Å². The van der Waals surface area contributed by atoms with Crippen LogP contribution in [0.2, 0.25) is 0 Å². The van der Waals surface area contributed by atoms with Gasteiger partial charge in [-0.05, 0) is 42.8 Å². The van der Waals surface area contributed by atoms with E-state index in [2.05, 4.69) is 21.4 Å². The van der Waals surface area contributed by atoms with Crippen LogP contribution in [0.15, 0.2) is 54.9 Å². The first-order valence-corrected chi connectivity index (χ1v) is 9.34. The SMILES string of the molecule is CC(=O)N(C)c1ccc(-c2ccc(C(=O)NCc3cccnc3C)cn2)cc1C#N. The molecular formula is C23H21N5O2. The van der Waals surface area contributed by atoms with Gasteiger partial charge in [-0.15, -0.1) is 0 Å². The number of nitrogens with one attached hydrogen (secondary N) is 1. The van der Waals surface area contributed by atoms with Gasteiger partial charge in [-0.1, -0.05) is 12.1 Å². The highest BCUT2D eigenvalue weighted by Gasteiger charge is 2.13. The zero-order valence-corrected chi connectivity index (χ0v) is 17.0. The largest absolute Gasteiger partial charge is 0.348 e. The van der Waals surface area contributed by atoms with Crippen LogP contribution < -0.4 is 10.2 Å². The van der Waals surface area contributed by atoms with Crippen LogP contribution in [0.4, 0.5) is 5.69 Å². The third-order valence-corrected chi connectivity index (χ3v) is 4.83. The third kappa shape index (κ3) is 4.50. The van der Waals surface area contributed by atoms with Crippen LogP contribution in [0.25, 0.3) is 11.3 Å². The molecule has 2 amide bonds. The molecular weight excluding hydrogens is 378 g/mol.